The lowest BCUT2D eigenvalue weighted by molar-refractivity contribution is -0.120. The molecule has 1 fully saturated rings. The first kappa shape index (κ1) is 16.9. The fourth-order valence-corrected chi connectivity index (χ4v) is 5.05. The van der Waals surface area contributed by atoms with Crippen molar-refractivity contribution in [1.29, 1.82) is 0 Å². The number of sulfonamides is 1. The van der Waals surface area contributed by atoms with Gasteiger partial charge >= 0.3 is 0 Å². The van der Waals surface area contributed by atoms with Crippen LogP contribution in [0.25, 0.3) is 11.0 Å². The van der Waals surface area contributed by atoms with Crippen molar-refractivity contribution < 1.29 is 13.2 Å². The molecule has 1 aromatic heterocycles. The summed E-state index contributed by atoms with van der Waals surface area (Å²) >= 11 is 0. The van der Waals surface area contributed by atoms with E-state index in [1.54, 1.807) is 40.2 Å². The minimum Gasteiger partial charge on any atom is -0.343 e. The number of hydrogen-bond acceptors (Lipinski definition) is 5. The fraction of sp³-hybridized carbons (Fsp3) is 0.211. The number of nitrogens with zero attached hydrogens (tertiary/aromatic N) is 4. The first-order valence-electron chi connectivity index (χ1n) is 8.98. The molecule has 3 aromatic rings. The Hall–Kier alpha value is -3.20. The third-order valence-electron chi connectivity index (χ3n) is 5.12. The summed E-state index contributed by atoms with van der Waals surface area (Å²) in [4.78, 5) is 19.2. The maximum atomic E-state index is 13.0. The van der Waals surface area contributed by atoms with Gasteiger partial charge in [0.25, 0.3) is 15.9 Å². The van der Waals surface area contributed by atoms with Gasteiger partial charge in [0, 0.05) is 12.1 Å². The maximum absolute atomic E-state index is 13.0. The lowest BCUT2D eigenvalue weighted by Gasteiger charge is -2.25. The molecule has 2 aliphatic heterocycles. The molecular weight excluding hydrogens is 378 g/mol. The van der Waals surface area contributed by atoms with Crippen LogP contribution in [-0.2, 0) is 14.8 Å². The molecule has 28 heavy (non-hydrogen) atoms. The number of benzene rings is 2. The largest absolute Gasteiger partial charge is 0.343 e. The number of carbonyl (C=O) groups is 1. The number of nitrogens with one attached hydrogen (secondary N) is 1. The summed E-state index contributed by atoms with van der Waals surface area (Å²) in [6, 6.07) is 13.7. The molecule has 0 spiro atoms. The molecular formula is C19H17N5O3S. The number of amidine groups is 1. The highest BCUT2D eigenvalue weighted by molar-refractivity contribution is 7.90. The second-order valence-electron chi connectivity index (χ2n) is 6.82. The molecule has 3 heterocycles. The third-order valence-corrected chi connectivity index (χ3v) is 6.45. The maximum Gasteiger partial charge on any atom is 0.285 e. The van der Waals surface area contributed by atoms with Crippen LogP contribution < -0.4 is 5.43 Å². The van der Waals surface area contributed by atoms with Gasteiger partial charge in [0.1, 0.15) is 17.3 Å². The van der Waals surface area contributed by atoms with Gasteiger partial charge in [-0.2, -0.15) is 8.42 Å². The Morgan fingerprint density at radius 2 is 1.89 bits per heavy atom. The van der Waals surface area contributed by atoms with E-state index in [9.17, 15) is 13.2 Å². The highest BCUT2D eigenvalue weighted by Crippen LogP contribution is 2.31. The van der Waals surface area contributed by atoms with Gasteiger partial charge in [-0.1, -0.05) is 24.3 Å². The van der Waals surface area contributed by atoms with E-state index < -0.39 is 16.1 Å². The summed E-state index contributed by atoms with van der Waals surface area (Å²) in [5.41, 5.74) is 5.01. The number of hydrogen-bond donors (Lipinski definition) is 1. The third kappa shape index (κ3) is 2.58. The topological polar surface area (TPSA) is 96.7 Å². The molecule has 2 aliphatic rings. The zero-order chi connectivity index (χ0) is 19.3. The Kier molecular flexibility index (Phi) is 3.73. The van der Waals surface area contributed by atoms with Crippen LogP contribution in [0.4, 0.5) is 0 Å². The van der Waals surface area contributed by atoms with E-state index in [0.717, 1.165) is 17.5 Å². The first-order chi connectivity index (χ1) is 13.5. The number of para-hydroxylation sites is 2. The Bertz CT molecular complexity index is 1230. The molecule has 0 radical (unpaired) electrons. The SMILES string of the molecule is O=C(Nn1cnc2ccccc21)[C@@H]1CCCN1C1=NS(=O)(=O)c2ccccc21. The normalized spacial score (nSPS) is 20.2. The Morgan fingerprint density at radius 3 is 2.79 bits per heavy atom. The molecule has 0 unspecified atom stereocenters. The minimum absolute atomic E-state index is 0.191. The van der Waals surface area contributed by atoms with Crippen LogP contribution >= 0.6 is 0 Å². The number of carbonyl (C=O) groups excluding carboxylic acids is 1. The quantitative estimate of drug-likeness (QED) is 0.713. The molecule has 5 rings (SSSR count). The number of aromatic nitrogens is 2. The predicted octanol–water partition coefficient (Wildman–Crippen LogP) is 1.72. The number of imidazole rings is 1. The van der Waals surface area contributed by atoms with E-state index in [0.29, 0.717) is 24.4 Å². The second kappa shape index (κ2) is 6.16. The van der Waals surface area contributed by atoms with Crippen molar-refractivity contribution in [2.45, 2.75) is 23.8 Å². The molecule has 0 saturated carbocycles. The molecule has 142 valence electrons. The van der Waals surface area contributed by atoms with E-state index in [4.69, 9.17) is 0 Å². The van der Waals surface area contributed by atoms with Crippen molar-refractivity contribution in [3.8, 4) is 0 Å². The average molecular weight is 395 g/mol. The van der Waals surface area contributed by atoms with Crippen molar-refractivity contribution in [1.82, 2.24) is 14.6 Å². The summed E-state index contributed by atoms with van der Waals surface area (Å²) in [5, 5.41) is 0. The zero-order valence-electron chi connectivity index (χ0n) is 14.8. The number of rotatable bonds is 2. The van der Waals surface area contributed by atoms with Gasteiger partial charge < -0.3 is 4.90 Å². The molecule has 9 heteroatoms. The number of likely N-dealkylation sites (tertiary alicyclic amines) is 1. The highest BCUT2D eigenvalue weighted by atomic mass is 32.2. The van der Waals surface area contributed by atoms with E-state index >= 15 is 0 Å². The Balaban J connectivity index is 1.46. The zero-order valence-corrected chi connectivity index (χ0v) is 15.6. The molecule has 0 bridgehead atoms. The van der Waals surface area contributed by atoms with Gasteiger partial charge in [0.2, 0.25) is 0 Å². The lowest BCUT2D eigenvalue weighted by Crippen LogP contribution is -2.45. The summed E-state index contributed by atoms with van der Waals surface area (Å²) < 4.78 is 30.3. The lowest BCUT2D eigenvalue weighted by atomic mass is 10.1. The van der Waals surface area contributed by atoms with E-state index in [1.807, 2.05) is 24.3 Å². The smallest absolute Gasteiger partial charge is 0.285 e. The summed E-state index contributed by atoms with van der Waals surface area (Å²) in [7, 11) is -3.72. The van der Waals surface area contributed by atoms with Gasteiger partial charge in [0.05, 0.1) is 11.0 Å². The van der Waals surface area contributed by atoms with Gasteiger partial charge in [0.15, 0.2) is 5.84 Å². The molecule has 0 aliphatic carbocycles. The fourth-order valence-electron chi connectivity index (χ4n) is 3.83. The van der Waals surface area contributed by atoms with Gasteiger partial charge in [-0.25, -0.2) is 9.66 Å². The number of fused-ring (bicyclic) bond motifs is 2. The van der Waals surface area contributed by atoms with Crippen LogP contribution in [0.3, 0.4) is 0 Å². The molecule has 1 amide bonds. The van der Waals surface area contributed by atoms with E-state index in [2.05, 4.69) is 14.8 Å². The molecule has 1 N–H and O–H groups in total. The molecule has 1 saturated heterocycles. The second-order valence-corrected chi connectivity index (χ2v) is 8.39. The molecule has 1 atom stereocenters. The van der Waals surface area contributed by atoms with Crippen LogP contribution in [0, 0.1) is 0 Å². The van der Waals surface area contributed by atoms with Crippen molar-refractivity contribution in [2.75, 3.05) is 12.0 Å². The van der Waals surface area contributed by atoms with Gasteiger partial charge in [-0.15, -0.1) is 4.40 Å². The van der Waals surface area contributed by atoms with Crippen LogP contribution in [0.2, 0.25) is 0 Å². The van der Waals surface area contributed by atoms with Gasteiger partial charge in [-0.05, 0) is 37.1 Å². The monoisotopic (exact) mass is 395 g/mol. The van der Waals surface area contributed by atoms with Crippen molar-refractivity contribution >= 4 is 32.8 Å². The Labute approximate surface area is 161 Å². The average Bonchev–Trinajstić information content (AvgIpc) is 3.39. The van der Waals surface area contributed by atoms with Crippen LogP contribution in [0.15, 0.2) is 64.2 Å². The first-order valence-corrected chi connectivity index (χ1v) is 10.4. The summed E-state index contributed by atoms with van der Waals surface area (Å²) in [5.74, 6) is 0.133. The van der Waals surface area contributed by atoms with Crippen molar-refractivity contribution in [3.05, 3.63) is 60.4 Å². The van der Waals surface area contributed by atoms with E-state index in [1.165, 1.54) is 0 Å². The van der Waals surface area contributed by atoms with Crippen LogP contribution in [-0.4, -0.2) is 47.3 Å². The Morgan fingerprint density at radius 1 is 1.11 bits per heavy atom. The highest BCUT2D eigenvalue weighted by Gasteiger charge is 2.39. The van der Waals surface area contributed by atoms with E-state index in [-0.39, 0.29) is 10.8 Å². The minimum atomic E-state index is -3.72. The number of amides is 1. The van der Waals surface area contributed by atoms with Crippen LogP contribution in [0.5, 0.6) is 0 Å². The predicted molar refractivity (Wildman–Crippen MR) is 104 cm³/mol. The summed E-state index contributed by atoms with van der Waals surface area (Å²) in [6.07, 6.45) is 2.97. The van der Waals surface area contributed by atoms with Crippen molar-refractivity contribution in [3.63, 3.8) is 0 Å². The summed E-state index contributed by atoms with van der Waals surface area (Å²) in [6.45, 7) is 0.575. The van der Waals surface area contributed by atoms with Gasteiger partial charge in [-0.3, -0.25) is 10.2 Å². The van der Waals surface area contributed by atoms with Crippen LogP contribution in [0.1, 0.15) is 18.4 Å². The standard InChI is InChI=1S/C19H17N5O3S/c25-19(21-24-12-20-14-7-2-3-8-15(14)24)16-9-5-11-23(16)18-13-6-1-4-10-17(13)28(26,27)22-18/h1-4,6-8,10,12,16H,5,9,11H2,(H,21,25)/t16-/m0/s1. The van der Waals surface area contributed by atoms with Crippen molar-refractivity contribution in [2.24, 2.45) is 4.40 Å². The molecule has 2 aromatic carbocycles. The molecule has 8 nitrogen and oxygen atoms in total.